The maximum atomic E-state index is 12.6. The molecule has 0 saturated heterocycles. The number of nitrogens with one attached hydrogen (secondary N) is 1. The van der Waals surface area contributed by atoms with Crippen molar-refractivity contribution in [1.29, 1.82) is 0 Å². The Morgan fingerprint density at radius 3 is 1.77 bits per heavy atom. The molecule has 0 aliphatic heterocycles. The van der Waals surface area contributed by atoms with Gasteiger partial charge in [0.25, 0.3) is 5.91 Å². The molecule has 0 aliphatic carbocycles. The number of amides is 2. The average Bonchev–Trinajstić information content (AvgIpc) is 2.74. The highest BCUT2D eigenvalue weighted by atomic mass is 16.5. The van der Waals surface area contributed by atoms with Crippen molar-refractivity contribution < 1.29 is 34.1 Å². The molecule has 9 nitrogen and oxygen atoms in total. The van der Waals surface area contributed by atoms with Gasteiger partial charge in [0, 0.05) is 27.9 Å². The van der Waals surface area contributed by atoms with Crippen LogP contribution in [0, 0.1) is 0 Å². The quantitative estimate of drug-likeness (QED) is 0.566. The SMILES string of the molecule is NC(=O)c1cc(C(=O)[O-])c(C(=O)Nc2ccc(Oc3ccccc3)cc2)cc1C(=O)[O-]. The first kappa shape index (κ1) is 21.1. The molecule has 9 heteroatoms. The first-order valence-electron chi connectivity index (χ1n) is 8.81. The van der Waals surface area contributed by atoms with E-state index in [0.29, 0.717) is 23.6 Å². The normalized spacial score (nSPS) is 10.2. The van der Waals surface area contributed by atoms with Gasteiger partial charge < -0.3 is 35.6 Å². The molecule has 0 unspecified atom stereocenters. The third-order valence-corrected chi connectivity index (χ3v) is 4.20. The van der Waals surface area contributed by atoms with Gasteiger partial charge in [-0.2, -0.15) is 0 Å². The van der Waals surface area contributed by atoms with E-state index in [2.05, 4.69) is 5.32 Å². The monoisotopic (exact) mass is 418 g/mol. The number of benzene rings is 3. The third-order valence-electron chi connectivity index (χ3n) is 4.20. The molecule has 0 spiro atoms. The molecule has 156 valence electrons. The highest BCUT2D eigenvalue weighted by Gasteiger charge is 2.19. The maximum absolute atomic E-state index is 12.6. The van der Waals surface area contributed by atoms with E-state index in [0.717, 1.165) is 0 Å². The summed E-state index contributed by atoms with van der Waals surface area (Å²) in [6.07, 6.45) is 0. The van der Waals surface area contributed by atoms with Gasteiger partial charge >= 0.3 is 0 Å². The summed E-state index contributed by atoms with van der Waals surface area (Å²) in [4.78, 5) is 46.8. The maximum Gasteiger partial charge on any atom is 0.256 e. The Hall–Kier alpha value is -4.66. The number of carboxylic acid groups (broad SMARTS) is 2. The molecule has 3 rings (SSSR count). The topological polar surface area (TPSA) is 162 Å². The summed E-state index contributed by atoms with van der Waals surface area (Å²) in [5.41, 5.74) is 2.81. The number of hydrogen-bond donors (Lipinski definition) is 2. The summed E-state index contributed by atoms with van der Waals surface area (Å²) in [6.45, 7) is 0. The molecule has 3 aromatic rings. The summed E-state index contributed by atoms with van der Waals surface area (Å²) >= 11 is 0. The Morgan fingerprint density at radius 2 is 1.23 bits per heavy atom. The van der Waals surface area contributed by atoms with Gasteiger partial charge in [0.05, 0.1) is 11.9 Å². The molecule has 0 atom stereocenters. The van der Waals surface area contributed by atoms with Crippen LogP contribution in [-0.2, 0) is 0 Å². The van der Waals surface area contributed by atoms with Crippen molar-refractivity contribution in [2.75, 3.05) is 5.32 Å². The fourth-order valence-electron chi connectivity index (χ4n) is 2.76. The molecule has 3 N–H and O–H groups in total. The van der Waals surface area contributed by atoms with Crippen LogP contribution in [0.3, 0.4) is 0 Å². The number of carbonyl (C=O) groups is 4. The first-order valence-corrected chi connectivity index (χ1v) is 8.81. The van der Waals surface area contributed by atoms with Gasteiger partial charge in [0.2, 0.25) is 5.91 Å². The molecule has 0 heterocycles. The predicted octanol–water partition coefficient (Wildman–Crippen LogP) is 0.557. The van der Waals surface area contributed by atoms with Crippen molar-refractivity contribution in [2.24, 2.45) is 5.73 Å². The Morgan fingerprint density at radius 1 is 0.710 bits per heavy atom. The van der Waals surface area contributed by atoms with E-state index in [1.807, 2.05) is 18.2 Å². The number of hydrogen-bond acceptors (Lipinski definition) is 7. The number of aromatic carboxylic acids is 2. The van der Waals surface area contributed by atoms with Crippen LogP contribution in [0.4, 0.5) is 5.69 Å². The lowest BCUT2D eigenvalue weighted by Gasteiger charge is -2.16. The molecular weight excluding hydrogens is 404 g/mol. The van der Waals surface area contributed by atoms with Crippen molar-refractivity contribution >= 4 is 29.4 Å². The fourth-order valence-corrected chi connectivity index (χ4v) is 2.76. The summed E-state index contributed by atoms with van der Waals surface area (Å²) in [6, 6.07) is 16.5. The average molecular weight is 418 g/mol. The van der Waals surface area contributed by atoms with Crippen LogP contribution in [0.5, 0.6) is 11.5 Å². The molecule has 0 aliphatic rings. The number of anilines is 1. The van der Waals surface area contributed by atoms with Crippen molar-refractivity contribution in [3.8, 4) is 11.5 Å². The van der Waals surface area contributed by atoms with Crippen LogP contribution in [0.25, 0.3) is 0 Å². The van der Waals surface area contributed by atoms with Crippen molar-refractivity contribution in [1.82, 2.24) is 0 Å². The van der Waals surface area contributed by atoms with Gasteiger partial charge in [-0.25, -0.2) is 0 Å². The van der Waals surface area contributed by atoms with Crippen LogP contribution in [-0.4, -0.2) is 23.8 Å². The van der Waals surface area contributed by atoms with E-state index >= 15 is 0 Å². The van der Waals surface area contributed by atoms with Gasteiger partial charge in [-0.3, -0.25) is 9.59 Å². The Balaban J connectivity index is 1.87. The number of para-hydroxylation sites is 1. The summed E-state index contributed by atoms with van der Waals surface area (Å²) in [7, 11) is 0. The predicted molar refractivity (Wildman–Crippen MR) is 105 cm³/mol. The number of carboxylic acids is 2. The number of primary amides is 1. The van der Waals surface area contributed by atoms with Crippen LogP contribution in [0.1, 0.15) is 41.4 Å². The smallest absolute Gasteiger partial charge is 0.256 e. The molecule has 0 bridgehead atoms. The summed E-state index contributed by atoms with van der Waals surface area (Å²) in [5.74, 6) is -4.61. The van der Waals surface area contributed by atoms with E-state index in [4.69, 9.17) is 10.5 Å². The van der Waals surface area contributed by atoms with E-state index in [9.17, 15) is 29.4 Å². The van der Waals surface area contributed by atoms with Crippen molar-refractivity contribution in [3.63, 3.8) is 0 Å². The molecule has 31 heavy (non-hydrogen) atoms. The highest BCUT2D eigenvalue weighted by Crippen LogP contribution is 2.24. The molecular formula is C22H14N2O7-2. The van der Waals surface area contributed by atoms with Crippen LogP contribution >= 0.6 is 0 Å². The van der Waals surface area contributed by atoms with E-state index in [1.54, 1.807) is 24.3 Å². The van der Waals surface area contributed by atoms with Gasteiger partial charge in [-0.05, 0) is 48.5 Å². The highest BCUT2D eigenvalue weighted by molar-refractivity contribution is 6.14. The fraction of sp³-hybridized carbons (Fsp3) is 0. The van der Waals surface area contributed by atoms with Crippen LogP contribution in [0.2, 0.25) is 0 Å². The molecule has 0 aromatic heterocycles. The summed E-state index contributed by atoms with van der Waals surface area (Å²) < 4.78 is 5.64. The molecule has 0 fully saturated rings. The van der Waals surface area contributed by atoms with Gasteiger partial charge in [0.1, 0.15) is 11.5 Å². The molecule has 0 radical (unpaired) electrons. The Labute approximate surface area is 175 Å². The first-order chi connectivity index (χ1) is 14.8. The van der Waals surface area contributed by atoms with E-state index in [-0.39, 0.29) is 5.69 Å². The van der Waals surface area contributed by atoms with Crippen molar-refractivity contribution in [3.05, 3.63) is 89.0 Å². The van der Waals surface area contributed by atoms with Crippen molar-refractivity contribution in [2.45, 2.75) is 0 Å². The van der Waals surface area contributed by atoms with Gasteiger partial charge in [-0.1, -0.05) is 18.2 Å². The second-order valence-electron chi connectivity index (χ2n) is 6.28. The minimum atomic E-state index is -1.80. The minimum absolute atomic E-state index is 0.281. The largest absolute Gasteiger partial charge is 0.545 e. The number of ether oxygens (including phenoxy) is 1. The Bertz CT molecular complexity index is 1170. The summed E-state index contributed by atoms with van der Waals surface area (Å²) in [5, 5.41) is 25.2. The number of carbonyl (C=O) groups excluding carboxylic acids is 4. The molecule has 0 saturated carbocycles. The van der Waals surface area contributed by atoms with Crippen LogP contribution < -0.4 is 26.0 Å². The zero-order valence-corrected chi connectivity index (χ0v) is 15.8. The van der Waals surface area contributed by atoms with E-state index < -0.39 is 46.0 Å². The lowest BCUT2D eigenvalue weighted by Crippen LogP contribution is -2.31. The standard InChI is InChI=1S/C22H16N2O7/c23-19(25)15-10-18(22(29)30)16(11-17(15)21(27)28)20(26)24-12-6-8-14(9-7-12)31-13-4-2-1-3-5-13/h1-11H,(H2,23,25)(H,24,26)(H,27,28)(H,29,30)/p-2. The van der Waals surface area contributed by atoms with Gasteiger partial charge in [0.15, 0.2) is 0 Å². The zero-order chi connectivity index (χ0) is 22.5. The third kappa shape index (κ3) is 4.85. The lowest BCUT2D eigenvalue weighted by atomic mass is 9.97. The minimum Gasteiger partial charge on any atom is -0.545 e. The number of rotatable bonds is 7. The van der Waals surface area contributed by atoms with Gasteiger partial charge in [-0.15, -0.1) is 0 Å². The number of nitrogens with two attached hydrogens (primary N) is 1. The molecule has 3 aromatic carbocycles. The second-order valence-corrected chi connectivity index (χ2v) is 6.28. The molecule has 2 amide bonds. The van der Waals surface area contributed by atoms with Crippen LogP contribution in [0.15, 0.2) is 66.7 Å². The lowest BCUT2D eigenvalue weighted by molar-refractivity contribution is -0.256. The second kappa shape index (κ2) is 8.78. The van der Waals surface area contributed by atoms with E-state index in [1.165, 1.54) is 12.1 Å². The Kier molecular flexibility index (Phi) is 5.97. The zero-order valence-electron chi connectivity index (χ0n) is 15.8.